The van der Waals surface area contributed by atoms with E-state index < -0.39 is 0 Å². The number of hydrogen-bond acceptors (Lipinski definition) is 2. The van der Waals surface area contributed by atoms with Gasteiger partial charge in [0.05, 0.1) is 28.1 Å². The first-order valence-electron chi connectivity index (χ1n) is 0.338. The quantitative estimate of drug-likeness (QED) is 0.436. The molecule has 0 aliphatic heterocycles. The summed E-state index contributed by atoms with van der Waals surface area (Å²) < 4.78 is 13.3. The Hall–Kier alpha value is 3.46. The molecule has 0 rings (SSSR count). The molecule has 0 aromatic rings. The smallest absolute Gasteiger partial charge is 1.00 e. The van der Waals surface area contributed by atoms with Crippen molar-refractivity contribution in [2.75, 3.05) is 0 Å². The second kappa shape index (κ2) is 78.2. The fourth-order valence-corrected chi connectivity index (χ4v) is 0. The molecule has 0 saturated heterocycles. The van der Waals surface area contributed by atoms with E-state index >= 15 is 0 Å². The SMILES string of the molecule is OBr.OCl.[Br-].[Cl-].[Na+].[Na+]. The van der Waals surface area contributed by atoms with Crippen molar-refractivity contribution in [3.05, 3.63) is 0 Å². The van der Waals surface area contributed by atoms with Crippen molar-refractivity contribution in [2.45, 2.75) is 0 Å². The summed E-state index contributed by atoms with van der Waals surface area (Å²) in [5.74, 6) is 0. The van der Waals surface area contributed by atoms with Crippen LogP contribution in [-0.4, -0.2) is 8.86 Å². The molecule has 0 saturated carbocycles. The minimum Gasteiger partial charge on any atom is -1.00 e. The van der Waals surface area contributed by atoms with Crippen molar-refractivity contribution >= 4 is 28.1 Å². The van der Waals surface area contributed by atoms with Crippen molar-refractivity contribution in [3.8, 4) is 0 Å². The standard InChI is InChI=1S/BrHO.BrH.ClHO.ClH.2Na/c1-2;;1-2;;;/h2H;1H;2H;1H;;/q;;;;2*+1/p-2. The summed E-state index contributed by atoms with van der Waals surface area (Å²) in [5.41, 5.74) is 0. The molecule has 0 bridgehead atoms. The minimum atomic E-state index is 0. The molecule has 2 N–H and O–H groups in total. The molecule has 0 amide bonds. The van der Waals surface area contributed by atoms with Crippen molar-refractivity contribution < 1.29 is 97.4 Å². The Morgan fingerprint density at radius 1 is 1.00 bits per heavy atom. The van der Waals surface area contributed by atoms with Crippen LogP contribution in [0.3, 0.4) is 0 Å². The van der Waals surface area contributed by atoms with Crippen LogP contribution in [0, 0.1) is 0 Å². The molecule has 0 aromatic carbocycles. The van der Waals surface area contributed by atoms with Gasteiger partial charge in [-0.15, -0.1) is 0 Å². The zero-order valence-corrected chi connectivity index (χ0v) is 13.1. The Labute approximate surface area is 123 Å². The van der Waals surface area contributed by atoms with Crippen LogP contribution in [0.5, 0.6) is 0 Å². The van der Waals surface area contributed by atoms with Gasteiger partial charge < -0.3 is 33.6 Å². The third-order valence-corrected chi connectivity index (χ3v) is 0. The molecular formula is H2Br2Cl2Na2O2. The molecule has 0 aromatic heterocycles. The van der Waals surface area contributed by atoms with E-state index in [4.69, 9.17) is 8.86 Å². The van der Waals surface area contributed by atoms with Gasteiger partial charge in [0.1, 0.15) is 0 Å². The van der Waals surface area contributed by atoms with Crippen LogP contribution in [0.1, 0.15) is 0 Å². The van der Waals surface area contributed by atoms with Gasteiger partial charge in [-0.1, -0.05) is 0 Å². The normalized spacial score (nSPS) is 1.50. The zero-order chi connectivity index (χ0) is 4.00. The van der Waals surface area contributed by atoms with E-state index in [2.05, 4.69) is 11.9 Å². The summed E-state index contributed by atoms with van der Waals surface area (Å²) in [6.45, 7) is 0. The third kappa shape index (κ3) is 56.6. The first-order valence-corrected chi connectivity index (χ1v) is 1.39. The van der Waals surface area contributed by atoms with Gasteiger partial charge in [-0.05, 0) is 0 Å². The summed E-state index contributed by atoms with van der Waals surface area (Å²) in [4.78, 5) is 0. The molecule has 44 valence electrons. The molecule has 0 aliphatic rings. The molecule has 0 radical (unpaired) electrons. The summed E-state index contributed by atoms with van der Waals surface area (Å²) >= 11 is 5.58. The van der Waals surface area contributed by atoms with E-state index in [9.17, 15) is 0 Å². The van der Waals surface area contributed by atoms with E-state index in [0.717, 1.165) is 0 Å². The second-order valence-electron chi connectivity index (χ2n) is 0. The molecule has 8 heavy (non-hydrogen) atoms. The second-order valence-corrected chi connectivity index (χ2v) is 0. The van der Waals surface area contributed by atoms with Crippen LogP contribution in [0.2, 0.25) is 0 Å². The maximum atomic E-state index is 6.81. The summed E-state index contributed by atoms with van der Waals surface area (Å²) in [6.07, 6.45) is 0. The Bertz CT molecular complexity index is 16.0. The van der Waals surface area contributed by atoms with Crippen LogP contribution in [0.25, 0.3) is 0 Å². The van der Waals surface area contributed by atoms with E-state index in [0.29, 0.717) is 0 Å². The van der Waals surface area contributed by atoms with Crippen LogP contribution < -0.4 is 88.5 Å². The van der Waals surface area contributed by atoms with E-state index in [1.165, 1.54) is 0 Å². The van der Waals surface area contributed by atoms with E-state index in [1.807, 2.05) is 16.3 Å². The summed E-state index contributed by atoms with van der Waals surface area (Å²) in [7, 11) is 0. The largest absolute Gasteiger partial charge is 1.00 e. The summed E-state index contributed by atoms with van der Waals surface area (Å²) in [6, 6.07) is 0. The Morgan fingerprint density at radius 2 is 1.00 bits per heavy atom. The molecule has 0 heterocycles. The average molecular weight is 311 g/mol. The van der Waals surface area contributed by atoms with Gasteiger partial charge in [-0.2, -0.15) is 0 Å². The average Bonchev–Trinajstić information content (AvgIpc) is 1.50. The number of halogens is 4. The predicted molar refractivity (Wildman–Crippen MR) is 19.2 cm³/mol. The maximum absolute atomic E-state index is 6.81. The van der Waals surface area contributed by atoms with Crippen molar-refractivity contribution in [1.82, 2.24) is 0 Å². The molecule has 0 aliphatic carbocycles. The number of rotatable bonds is 0. The minimum absolute atomic E-state index is 0. The first-order chi connectivity index (χ1) is 2.00. The topological polar surface area (TPSA) is 40.5 Å². The molecule has 8 heteroatoms. The van der Waals surface area contributed by atoms with Gasteiger partial charge >= 0.3 is 59.1 Å². The van der Waals surface area contributed by atoms with Crippen molar-refractivity contribution in [1.29, 1.82) is 0 Å². The van der Waals surface area contributed by atoms with Crippen LogP contribution in [-0.2, 0) is 0 Å². The maximum Gasteiger partial charge on any atom is 1.00 e. The molecular weight excluding hydrogens is 309 g/mol. The first kappa shape index (κ1) is 42.1. The predicted octanol–water partition coefficient (Wildman–Crippen LogP) is -11.6. The Balaban J connectivity index is -0.00000000167. The molecule has 2 nitrogen and oxygen atoms in total. The van der Waals surface area contributed by atoms with Gasteiger partial charge in [0.25, 0.3) is 0 Å². The van der Waals surface area contributed by atoms with E-state index in [1.54, 1.807) is 0 Å². The Kier molecular flexibility index (Phi) is 411. The van der Waals surface area contributed by atoms with Crippen molar-refractivity contribution in [3.63, 3.8) is 0 Å². The van der Waals surface area contributed by atoms with Gasteiger partial charge in [0.2, 0.25) is 0 Å². The van der Waals surface area contributed by atoms with Crippen LogP contribution in [0.4, 0.5) is 0 Å². The van der Waals surface area contributed by atoms with Crippen molar-refractivity contribution in [2.24, 2.45) is 0 Å². The summed E-state index contributed by atoms with van der Waals surface area (Å²) in [5, 5.41) is 0. The number of hydrogen-bond donors (Lipinski definition) is 2. The van der Waals surface area contributed by atoms with E-state index in [-0.39, 0.29) is 88.5 Å². The fraction of sp³-hybridized carbons (Fsp3) is 0. The molecule has 0 unspecified atom stereocenters. The molecule has 0 fully saturated rings. The van der Waals surface area contributed by atoms with Crippen LogP contribution in [0.15, 0.2) is 0 Å². The third-order valence-electron chi connectivity index (χ3n) is 0. The fourth-order valence-electron chi connectivity index (χ4n) is 0. The van der Waals surface area contributed by atoms with Gasteiger partial charge in [0.15, 0.2) is 0 Å². The van der Waals surface area contributed by atoms with Gasteiger partial charge in [-0.3, -0.25) is 4.66 Å². The van der Waals surface area contributed by atoms with Gasteiger partial charge in [-0.25, -0.2) is 0 Å². The Morgan fingerprint density at radius 3 is 1.00 bits per heavy atom. The van der Waals surface area contributed by atoms with Crippen LogP contribution >= 0.6 is 28.1 Å². The zero-order valence-electron chi connectivity index (χ0n) is 4.41. The van der Waals surface area contributed by atoms with Gasteiger partial charge in [0, 0.05) is 0 Å². The molecule has 0 spiro atoms. The molecule has 0 atom stereocenters. The monoisotopic (exact) mass is 308 g/mol.